The Hall–Kier alpha value is -1.94. The van der Waals surface area contributed by atoms with Crippen molar-refractivity contribution in [2.75, 3.05) is 0 Å². The van der Waals surface area contributed by atoms with Gasteiger partial charge in [0.25, 0.3) is 5.56 Å². The van der Waals surface area contributed by atoms with Gasteiger partial charge >= 0.3 is 0 Å². The van der Waals surface area contributed by atoms with Crippen molar-refractivity contribution in [2.45, 2.75) is 20.5 Å². The second kappa shape index (κ2) is 4.74. The Bertz CT molecular complexity index is 645. The molecule has 0 aliphatic heterocycles. The smallest absolute Gasteiger partial charge is 0.272 e. The lowest BCUT2D eigenvalue weighted by Gasteiger charge is -2.09. The van der Waals surface area contributed by atoms with Gasteiger partial charge in [0.2, 0.25) is 0 Å². The molecule has 2 aromatic rings. The Morgan fingerprint density at radius 2 is 2.00 bits per heavy atom. The summed E-state index contributed by atoms with van der Waals surface area (Å²) >= 11 is 0. The highest BCUT2D eigenvalue weighted by molar-refractivity contribution is 5.64. The maximum Gasteiger partial charge on any atom is 0.272 e. The molecule has 1 heterocycles. The van der Waals surface area contributed by atoms with Crippen molar-refractivity contribution in [3.63, 3.8) is 0 Å². The lowest BCUT2D eigenvalue weighted by molar-refractivity contribution is 0.279. The van der Waals surface area contributed by atoms with E-state index in [0.717, 1.165) is 16.7 Å². The van der Waals surface area contributed by atoms with E-state index in [1.165, 1.54) is 4.68 Å². The molecule has 0 aliphatic rings. The monoisotopic (exact) mass is 244 g/mol. The lowest BCUT2D eigenvalue weighted by atomic mass is 10.0. The number of rotatable bonds is 2. The van der Waals surface area contributed by atoms with E-state index in [1.54, 1.807) is 13.1 Å². The normalized spacial score (nSPS) is 10.7. The van der Waals surface area contributed by atoms with E-state index >= 15 is 0 Å². The maximum atomic E-state index is 11.7. The van der Waals surface area contributed by atoms with E-state index in [2.05, 4.69) is 5.10 Å². The molecular formula is C14H16N2O2. The Balaban J connectivity index is 2.68. The van der Waals surface area contributed by atoms with Crippen LogP contribution in [0.15, 0.2) is 29.1 Å². The van der Waals surface area contributed by atoms with E-state index in [1.807, 2.05) is 32.0 Å². The van der Waals surface area contributed by atoms with E-state index < -0.39 is 0 Å². The number of hydrogen-bond donors (Lipinski definition) is 1. The second-order valence-electron chi connectivity index (χ2n) is 4.46. The van der Waals surface area contributed by atoms with Gasteiger partial charge in [0.1, 0.15) is 0 Å². The number of aromatic nitrogens is 2. The summed E-state index contributed by atoms with van der Waals surface area (Å²) in [5.74, 6) is 0. The molecule has 0 bridgehead atoms. The third-order valence-corrected chi connectivity index (χ3v) is 2.98. The molecule has 1 N–H and O–H groups in total. The summed E-state index contributed by atoms with van der Waals surface area (Å²) in [6, 6.07) is 7.75. The molecule has 1 aromatic carbocycles. The Kier molecular flexibility index (Phi) is 3.30. The molecule has 0 amide bonds. The van der Waals surface area contributed by atoms with Crippen LogP contribution in [0.25, 0.3) is 11.3 Å². The summed E-state index contributed by atoms with van der Waals surface area (Å²) in [7, 11) is 1.59. The molecule has 94 valence electrons. The third kappa shape index (κ3) is 2.19. The van der Waals surface area contributed by atoms with Crippen molar-refractivity contribution in [2.24, 2.45) is 7.05 Å². The summed E-state index contributed by atoms with van der Waals surface area (Å²) in [5, 5.41) is 13.4. The maximum absolute atomic E-state index is 11.7. The zero-order valence-electron chi connectivity index (χ0n) is 10.8. The summed E-state index contributed by atoms with van der Waals surface area (Å²) < 4.78 is 1.27. The van der Waals surface area contributed by atoms with Gasteiger partial charge in [-0.05, 0) is 31.5 Å². The van der Waals surface area contributed by atoms with Crippen LogP contribution < -0.4 is 5.56 Å². The van der Waals surface area contributed by atoms with Gasteiger partial charge in [-0.2, -0.15) is 5.10 Å². The number of aryl methyl sites for hydroxylation is 3. The van der Waals surface area contributed by atoms with Gasteiger partial charge in [0.05, 0.1) is 12.3 Å². The fraction of sp³-hybridized carbons (Fsp3) is 0.286. The van der Waals surface area contributed by atoms with Gasteiger partial charge < -0.3 is 5.11 Å². The molecule has 0 fully saturated rings. The molecule has 4 nitrogen and oxygen atoms in total. The van der Waals surface area contributed by atoms with Crippen molar-refractivity contribution in [1.82, 2.24) is 9.78 Å². The average molecular weight is 244 g/mol. The Morgan fingerprint density at radius 3 is 2.67 bits per heavy atom. The van der Waals surface area contributed by atoms with Crippen LogP contribution in [0.3, 0.4) is 0 Å². The van der Waals surface area contributed by atoms with Crippen LogP contribution in [-0.4, -0.2) is 14.9 Å². The van der Waals surface area contributed by atoms with E-state index in [4.69, 9.17) is 0 Å². The minimum absolute atomic E-state index is 0.258. The average Bonchev–Trinajstić information content (AvgIpc) is 2.35. The van der Waals surface area contributed by atoms with Crippen molar-refractivity contribution < 1.29 is 5.11 Å². The molecular weight excluding hydrogens is 228 g/mol. The van der Waals surface area contributed by atoms with Gasteiger partial charge in [0.15, 0.2) is 0 Å². The molecule has 2 rings (SSSR count). The van der Waals surface area contributed by atoms with Crippen LogP contribution in [0.1, 0.15) is 16.7 Å². The minimum atomic E-state index is -0.271. The lowest BCUT2D eigenvalue weighted by Crippen LogP contribution is -2.23. The Labute approximate surface area is 106 Å². The number of aliphatic hydroxyl groups excluding tert-OH is 1. The number of nitrogens with zero attached hydrogens (tertiary/aromatic N) is 2. The standard InChI is InChI=1S/C14H16N2O2/c1-9-4-5-10(2)12(6-9)13-7-11(8-17)14(18)16(3)15-13/h4-7,17H,8H2,1-3H3. The van der Waals surface area contributed by atoms with Crippen LogP contribution in [-0.2, 0) is 13.7 Å². The largest absolute Gasteiger partial charge is 0.391 e. The van der Waals surface area contributed by atoms with Crippen LogP contribution in [0.2, 0.25) is 0 Å². The van der Waals surface area contributed by atoms with Crippen molar-refractivity contribution >= 4 is 0 Å². The first-order chi connectivity index (χ1) is 8.52. The van der Waals surface area contributed by atoms with Gasteiger partial charge in [-0.1, -0.05) is 17.7 Å². The number of aliphatic hydroxyl groups is 1. The molecule has 1 aromatic heterocycles. The molecule has 18 heavy (non-hydrogen) atoms. The summed E-state index contributed by atoms with van der Waals surface area (Å²) in [6.07, 6.45) is 0. The zero-order chi connectivity index (χ0) is 13.3. The van der Waals surface area contributed by atoms with E-state index in [0.29, 0.717) is 11.3 Å². The summed E-state index contributed by atoms with van der Waals surface area (Å²) in [6.45, 7) is 3.74. The summed E-state index contributed by atoms with van der Waals surface area (Å²) in [5.41, 5.74) is 4.03. The molecule has 0 aliphatic carbocycles. The third-order valence-electron chi connectivity index (χ3n) is 2.98. The summed E-state index contributed by atoms with van der Waals surface area (Å²) in [4.78, 5) is 11.7. The topological polar surface area (TPSA) is 55.1 Å². The van der Waals surface area contributed by atoms with Gasteiger partial charge in [-0.3, -0.25) is 4.79 Å². The molecule has 0 saturated carbocycles. The fourth-order valence-corrected chi connectivity index (χ4v) is 1.93. The molecule has 4 heteroatoms. The predicted molar refractivity (Wildman–Crippen MR) is 70.3 cm³/mol. The second-order valence-corrected chi connectivity index (χ2v) is 4.46. The van der Waals surface area contributed by atoms with Crippen LogP contribution in [0, 0.1) is 13.8 Å². The van der Waals surface area contributed by atoms with Gasteiger partial charge in [0, 0.05) is 18.2 Å². The number of benzene rings is 1. The van der Waals surface area contributed by atoms with Crippen molar-refractivity contribution in [1.29, 1.82) is 0 Å². The van der Waals surface area contributed by atoms with Crippen LogP contribution in [0.4, 0.5) is 0 Å². The Morgan fingerprint density at radius 1 is 1.28 bits per heavy atom. The number of hydrogen-bond acceptors (Lipinski definition) is 3. The highest BCUT2D eigenvalue weighted by atomic mass is 16.3. The van der Waals surface area contributed by atoms with Crippen molar-refractivity contribution in [3.8, 4) is 11.3 Å². The molecule has 0 atom stereocenters. The van der Waals surface area contributed by atoms with Gasteiger partial charge in [-0.25, -0.2) is 4.68 Å². The minimum Gasteiger partial charge on any atom is -0.391 e. The highest BCUT2D eigenvalue weighted by Crippen LogP contribution is 2.22. The highest BCUT2D eigenvalue weighted by Gasteiger charge is 2.09. The van der Waals surface area contributed by atoms with Crippen LogP contribution in [0.5, 0.6) is 0 Å². The van der Waals surface area contributed by atoms with Crippen LogP contribution >= 0.6 is 0 Å². The first-order valence-corrected chi connectivity index (χ1v) is 5.78. The van der Waals surface area contributed by atoms with Gasteiger partial charge in [-0.15, -0.1) is 0 Å². The first kappa shape index (κ1) is 12.5. The predicted octanol–water partition coefficient (Wildman–Crippen LogP) is 1.56. The first-order valence-electron chi connectivity index (χ1n) is 5.78. The van der Waals surface area contributed by atoms with E-state index in [9.17, 15) is 9.90 Å². The van der Waals surface area contributed by atoms with E-state index in [-0.39, 0.29) is 12.2 Å². The SMILES string of the molecule is Cc1ccc(C)c(-c2cc(CO)c(=O)n(C)n2)c1. The fourth-order valence-electron chi connectivity index (χ4n) is 1.93. The van der Waals surface area contributed by atoms with Crippen molar-refractivity contribution in [3.05, 3.63) is 51.3 Å². The molecule has 0 spiro atoms. The molecule has 0 radical (unpaired) electrons. The molecule has 0 unspecified atom stereocenters. The zero-order valence-corrected chi connectivity index (χ0v) is 10.8. The quantitative estimate of drug-likeness (QED) is 0.872. The molecule has 0 saturated heterocycles.